The molecule has 1 amide bonds. The monoisotopic (exact) mass is 325 g/mol. The Morgan fingerprint density at radius 3 is 2.55 bits per heavy atom. The Kier molecular flexibility index (Phi) is 8.24. The van der Waals surface area contributed by atoms with Gasteiger partial charge in [0.2, 0.25) is 5.91 Å². The molecule has 0 bridgehead atoms. The summed E-state index contributed by atoms with van der Waals surface area (Å²) >= 11 is 5.18. The average molecular weight is 325 g/mol. The van der Waals surface area contributed by atoms with E-state index in [2.05, 4.69) is 10.7 Å². The number of carbonyl (C=O) groups is 1. The minimum Gasteiger partial charge on any atom is -0.497 e. The van der Waals surface area contributed by atoms with Crippen LogP contribution in [0.2, 0.25) is 0 Å². The van der Waals surface area contributed by atoms with Gasteiger partial charge in [-0.3, -0.25) is 15.2 Å². The number of amides is 1. The first-order chi connectivity index (χ1) is 10.6. The number of hydrogen-bond donors (Lipinski definition) is 2. The first-order valence-corrected chi connectivity index (χ1v) is 7.40. The number of nitrogens with zero attached hydrogens (tertiary/aromatic N) is 1. The van der Waals surface area contributed by atoms with Gasteiger partial charge in [-0.2, -0.15) is 0 Å². The van der Waals surface area contributed by atoms with E-state index in [1.165, 1.54) is 5.01 Å². The van der Waals surface area contributed by atoms with Crippen molar-refractivity contribution in [1.82, 2.24) is 15.8 Å². The summed E-state index contributed by atoms with van der Waals surface area (Å²) in [4.78, 5) is 12.0. The SMILES string of the molecule is COCCCNC(=S)N(C)NC(=O)Cc1ccc(OC)cc1. The van der Waals surface area contributed by atoms with E-state index in [0.717, 1.165) is 17.7 Å². The zero-order chi connectivity index (χ0) is 16.4. The third-order valence-corrected chi connectivity index (χ3v) is 3.34. The fourth-order valence-electron chi connectivity index (χ4n) is 1.74. The lowest BCUT2D eigenvalue weighted by Gasteiger charge is -2.21. The van der Waals surface area contributed by atoms with Crippen molar-refractivity contribution in [3.05, 3.63) is 29.8 Å². The number of carbonyl (C=O) groups excluding carboxylic acids is 1. The van der Waals surface area contributed by atoms with Crippen molar-refractivity contribution in [2.24, 2.45) is 0 Å². The van der Waals surface area contributed by atoms with Crippen LogP contribution in [0.4, 0.5) is 0 Å². The second-order valence-electron chi connectivity index (χ2n) is 4.70. The van der Waals surface area contributed by atoms with Crippen LogP contribution in [0.15, 0.2) is 24.3 Å². The van der Waals surface area contributed by atoms with Gasteiger partial charge >= 0.3 is 0 Å². The highest BCUT2D eigenvalue weighted by Gasteiger charge is 2.09. The molecule has 0 aromatic heterocycles. The molecule has 0 heterocycles. The van der Waals surface area contributed by atoms with E-state index in [0.29, 0.717) is 18.3 Å². The second kappa shape index (κ2) is 9.97. The lowest BCUT2D eigenvalue weighted by Crippen LogP contribution is -2.48. The van der Waals surface area contributed by atoms with Gasteiger partial charge in [-0.25, -0.2) is 0 Å². The molecule has 22 heavy (non-hydrogen) atoms. The maximum Gasteiger partial charge on any atom is 0.242 e. The van der Waals surface area contributed by atoms with Gasteiger partial charge in [0.25, 0.3) is 0 Å². The predicted molar refractivity (Wildman–Crippen MR) is 89.7 cm³/mol. The summed E-state index contributed by atoms with van der Waals surface area (Å²) in [7, 11) is 4.97. The molecule has 0 saturated carbocycles. The van der Waals surface area contributed by atoms with Crippen LogP contribution < -0.4 is 15.5 Å². The lowest BCUT2D eigenvalue weighted by atomic mass is 10.1. The summed E-state index contributed by atoms with van der Waals surface area (Å²) in [5.74, 6) is 0.636. The number of hydrazine groups is 1. The molecular weight excluding hydrogens is 302 g/mol. The van der Waals surface area contributed by atoms with Crippen LogP contribution in [0.5, 0.6) is 5.75 Å². The molecule has 0 unspecified atom stereocenters. The fraction of sp³-hybridized carbons (Fsp3) is 0.467. The molecule has 2 N–H and O–H groups in total. The van der Waals surface area contributed by atoms with Crippen molar-refractivity contribution >= 4 is 23.2 Å². The predicted octanol–water partition coefficient (Wildman–Crippen LogP) is 1.11. The Bertz CT molecular complexity index is 479. The molecule has 0 radical (unpaired) electrons. The molecule has 0 aliphatic carbocycles. The minimum absolute atomic E-state index is 0.131. The number of benzene rings is 1. The molecule has 0 saturated heterocycles. The van der Waals surface area contributed by atoms with E-state index in [4.69, 9.17) is 21.7 Å². The Labute approximate surface area is 136 Å². The van der Waals surface area contributed by atoms with Crippen molar-refractivity contribution < 1.29 is 14.3 Å². The largest absolute Gasteiger partial charge is 0.497 e. The first-order valence-electron chi connectivity index (χ1n) is 6.99. The van der Waals surface area contributed by atoms with Crippen LogP contribution in [-0.4, -0.2) is 50.4 Å². The second-order valence-corrected chi connectivity index (χ2v) is 5.08. The molecule has 0 aliphatic rings. The number of methoxy groups -OCH3 is 2. The molecule has 6 nitrogen and oxygen atoms in total. The van der Waals surface area contributed by atoms with E-state index in [1.807, 2.05) is 24.3 Å². The molecule has 1 aromatic rings. The molecule has 122 valence electrons. The Hall–Kier alpha value is -1.86. The van der Waals surface area contributed by atoms with Gasteiger partial charge in [0.15, 0.2) is 5.11 Å². The third kappa shape index (κ3) is 6.73. The highest BCUT2D eigenvalue weighted by molar-refractivity contribution is 7.80. The van der Waals surface area contributed by atoms with Crippen LogP contribution in [-0.2, 0) is 16.0 Å². The van der Waals surface area contributed by atoms with Gasteiger partial charge < -0.3 is 14.8 Å². The Morgan fingerprint density at radius 1 is 1.27 bits per heavy atom. The van der Waals surface area contributed by atoms with Crippen LogP contribution in [0.3, 0.4) is 0 Å². The quantitative estimate of drug-likeness (QED) is 0.445. The van der Waals surface area contributed by atoms with Crippen LogP contribution in [0, 0.1) is 0 Å². The zero-order valence-corrected chi connectivity index (χ0v) is 14.0. The first kappa shape index (κ1) is 18.2. The maximum absolute atomic E-state index is 12.0. The van der Waals surface area contributed by atoms with E-state index in [9.17, 15) is 4.79 Å². The van der Waals surface area contributed by atoms with Gasteiger partial charge in [-0.1, -0.05) is 12.1 Å². The summed E-state index contributed by atoms with van der Waals surface area (Å²) < 4.78 is 10.0. The maximum atomic E-state index is 12.0. The average Bonchev–Trinajstić information content (AvgIpc) is 2.52. The molecule has 1 aromatic carbocycles. The van der Waals surface area contributed by atoms with Crippen molar-refractivity contribution in [3.63, 3.8) is 0 Å². The summed E-state index contributed by atoms with van der Waals surface area (Å²) in [5.41, 5.74) is 3.63. The van der Waals surface area contributed by atoms with Crippen molar-refractivity contribution in [2.45, 2.75) is 12.8 Å². The topological polar surface area (TPSA) is 62.8 Å². The number of rotatable bonds is 7. The fourth-order valence-corrected chi connectivity index (χ4v) is 1.88. The summed E-state index contributed by atoms with van der Waals surface area (Å²) in [6, 6.07) is 7.38. The molecule has 0 aliphatic heterocycles. The standard InChI is InChI=1S/C15H23N3O3S/c1-18(15(22)16-9-4-10-20-2)17-14(19)11-12-5-7-13(21-3)8-6-12/h5-8H,4,9-11H2,1-3H3,(H,16,22)(H,17,19). The summed E-state index contributed by atoms with van der Waals surface area (Å²) in [6.45, 7) is 1.37. The number of hydrogen-bond acceptors (Lipinski definition) is 4. The Morgan fingerprint density at radius 2 is 1.95 bits per heavy atom. The van der Waals surface area contributed by atoms with E-state index < -0.39 is 0 Å². The van der Waals surface area contributed by atoms with Crippen molar-refractivity contribution in [2.75, 3.05) is 34.4 Å². The van der Waals surface area contributed by atoms with Crippen LogP contribution in [0.1, 0.15) is 12.0 Å². The van der Waals surface area contributed by atoms with Gasteiger partial charge in [-0.05, 0) is 36.3 Å². The van der Waals surface area contributed by atoms with Crippen molar-refractivity contribution in [1.29, 1.82) is 0 Å². The van der Waals surface area contributed by atoms with Gasteiger partial charge in [0.1, 0.15) is 5.75 Å². The van der Waals surface area contributed by atoms with Gasteiger partial charge in [0, 0.05) is 27.3 Å². The zero-order valence-electron chi connectivity index (χ0n) is 13.2. The molecule has 7 heteroatoms. The highest BCUT2D eigenvalue weighted by Crippen LogP contribution is 2.11. The van der Waals surface area contributed by atoms with Crippen molar-refractivity contribution in [3.8, 4) is 5.75 Å². The lowest BCUT2D eigenvalue weighted by molar-refractivity contribution is -0.123. The number of nitrogens with one attached hydrogen (secondary N) is 2. The van der Waals surface area contributed by atoms with E-state index in [-0.39, 0.29) is 12.3 Å². The summed E-state index contributed by atoms with van der Waals surface area (Å²) in [6.07, 6.45) is 1.13. The number of thiocarbonyl (C=S) groups is 1. The van der Waals surface area contributed by atoms with Crippen LogP contribution in [0.25, 0.3) is 0 Å². The van der Waals surface area contributed by atoms with E-state index in [1.54, 1.807) is 21.3 Å². The van der Waals surface area contributed by atoms with E-state index >= 15 is 0 Å². The molecule has 0 atom stereocenters. The van der Waals surface area contributed by atoms with Gasteiger partial charge in [0.05, 0.1) is 13.5 Å². The molecule has 0 spiro atoms. The normalized spacial score (nSPS) is 9.95. The Balaban J connectivity index is 2.34. The third-order valence-electron chi connectivity index (χ3n) is 2.92. The number of ether oxygens (including phenoxy) is 2. The molecular formula is C15H23N3O3S. The molecule has 0 fully saturated rings. The van der Waals surface area contributed by atoms with Gasteiger partial charge in [-0.15, -0.1) is 0 Å². The van der Waals surface area contributed by atoms with Crippen LogP contribution >= 0.6 is 12.2 Å². The molecule has 1 rings (SSSR count). The highest BCUT2D eigenvalue weighted by atomic mass is 32.1. The minimum atomic E-state index is -0.131. The smallest absolute Gasteiger partial charge is 0.242 e. The summed E-state index contributed by atoms with van der Waals surface area (Å²) in [5, 5.41) is 5.03.